The third kappa shape index (κ3) is 3.32. The van der Waals surface area contributed by atoms with Crippen molar-refractivity contribution in [3.63, 3.8) is 0 Å². The quantitative estimate of drug-likeness (QED) is 0.617. The van der Waals surface area contributed by atoms with Gasteiger partial charge in [0, 0.05) is 11.2 Å². The molecule has 0 aliphatic rings. The van der Waals surface area contributed by atoms with Crippen molar-refractivity contribution >= 4 is 24.3 Å². The fourth-order valence-electron chi connectivity index (χ4n) is 1.29. The van der Waals surface area contributed by atoms with E-state index >= 15 is 0 Å². The van der Waals surface area contributed by atoms with E-state index in [1.54, 1.807) is 30.3 Å². The van der Waals surface area contributed by atoms with Crippen LogP contribution in [0.5, 0.6) is 0 Å². The average molecular weight is 248 g/mol. The van der Waals surface area contributed by atoms with Crippen LogP contribution in [0.15, 0.2) is 30.3 Å². The van der Waals surface area contributed by atoms with Crippen LogP contribution in [0.2, 0.25) is 0 Å². The SMILES string of the molecule is NC(CCCCl)P(=O)(O)c1ccccc1. The predicted molar refractivity (Wildman–Crippen MR) is 63.8 cm³/mol. The fourth-order valence-corrected chi connectivity index (χ4v) is 2.96. The molecule has 0 saturated heterocycles. The van der Waals surface area contributed by atoms with Crippen LogP contribution in [-0.2, 0) is 4.57 Å². The lowest BCUT2D eigenvalue weighted by Gasteiger charge is -2.18. The second-order valence-corrected chi connectivity index (χ2v) is 6.16. The molecule has 1 aromatic rings. The van der Waals surface area contributed by atoms with Crippen LogP contribution in [-0.4, -0.2) is 16.6 Å². The first-order chi connectivity index (χ1) is 7.09. The molecule has 0 radical (unpaired) electrons. The van der Waals surface area contributed by atoms with Crippen LogP contribution in [0.4, 0.5) is 0 Å². The Balaban J connectivity index is 2.79. The number of halogens is 1. The van der Waals surface area contributed by atoms with Gasteiger partial charge in [0.2, 0.25) is 7.37 Å². The standard InChI is InChI=1S/C10H15ClNO2P/c11-8-4-7-10(12)15(13,14)9-5-2-1-3-6-9/h1-3,5-6,10H,4,7-8,12H2,(H,13,14). The Labute approximate surface area is 94.7 Å². The van der Waals surface area contributed by atoms with Crippen LogP contribution in [0.3, 0.4) is 0 Å². The first-order valence-electron chi connectivity index (χ1n) is 4.78. The zero-order chi connectivity index (χ0) is 11.3. The molecule has 3 N–H and O–H groups in total. The van der Waals surface area contributed by atoms with Crippen molar-refractivity contribution in [3.05, 3.63) is 30.3 Å². The van der Waals surface area contributed by atoms with Gasteiger partial charge in [0.25, 0.3) is 0 Å². The molecule has 1 aromatic carbocycles. The largest absolute Gasteiger partial charge is 0.340 e. The third-order valence-corrected chi connectivity index (χ3v) is 4.67. The summed E-state index contributed by atoms with van der Waals surface area (Å²) in [5, 5.41) is 0.409. The summed E-state index contributed by atoms with van der Waals surface area (Å²) in [6.07, 6.45) is 1.12. The monoisotopic (exact) mass is 247 g/mol. The van der Waals surface area contributed by atoms with E-state index in [1.807, 2.05) is 0 Å². The van der Waals surface area contributed by atoms with Crippen LogP contribution in [0.25, 0.3) is 0 Å². The molecule has 5 heteroatoms. The van der Waals surface area contributed by atoms with Crippen LogP contribution in [0.1, 0.15) is 12.8 Å². The first-order valence-corrected chi connectivity index (χ1v) is 7.05. The summed E-state index contributed by atoms with van der Waals surface area (Å²) in [5.41, 5.74) is 5.70. The molecule has 1 rings (SSSR count). The molecule has 0 heterocycles. The zero-order valence-corrected chi connectivity index (χ0v) is 9.99. The van der Waals surface area contributed by atoms with Gasteiger partial charge in [-0.25, -0.2) is 0 Å². The van der Waals surface area contributed by atoms with Gasteiger partial charge in [-0.2, -0.15) is 0 Å². The highest BCUT2D eigenvalue weighted by Gasteiger charge is 2.28. The summed E-state index contributed by atoms with van der Waals surface area (Å²) in [6.45, 7) is 0. The second kappa shape index (κ2) is 5.66. The minimum atomic E-state index is -3.45. The summed E-state index contributed by atoms with van der Waals surface area (Å²) in [4.78, 5) is 9.87. The van der Waals surface area contributed by atoms with Gasteiger partial charge >= 0.3 is 0 Å². The minimum absolute atomic E-state index is 0.409. The summed E-state index contributed by atoms with van der Waals surface area (Å²) in [7, 11) is -3.45. The summed E-state index contributed by atoms with van der Waals surface area (Å²) < 4.78 is 12.0. The van der Waals surface area contributed by atoms with Crippen LogP contribution >= 0.6 is 19.0 Å². The van der Waals surface area contributed by atoms with Gasteiger partial charge in [-0.15, -0.1) is 11.6 Å². The van der Waals surface area contributed by atoms with Crippen molar-refractivity contribution in [3.8, 4) is 0 Å². The number of rotatable bonds is 5. The maximum atomic E-state index is 12.0. The average Bonchev–Trinajstić information content (AvgIpc) is 2.27. The highest BCUT2D eigenvalue weighted by atomic mass is 35.5. The van der Waals surface area contributed by atoms with Crippen molar-refractivity contribution in [2.24, 2.45) is 5.73 Å². The Morgan fingerprint density at radius 1 is 1.40 bits per heavy atom. The van der Waals surface area contributed by atoms with Gasteiger partial charge in [-0.05, 0) is 25.0 Å². The third-order valence-electron chi connectivity index (χ3n) is 2.21. The van der Waals surface area contributed by atoms with Crippen molar-refractivity contribution in [2.75, 3.05) is 5.88 Å². The van der Waals surface area contributed by atoms with Crippen molar-refractivity contribution in [1.29, 1.82) is 0 Å². The fraction of sp³-hybridized carbons (Fsp3) is 0.400. The molecule has 3 nitrogen and oxygen atoms in total. The number of hydrogen-bond acceptors (Lipinski definition) is 2. The minimum Gasteiger partial charge on any atom is -0.340 e. The van der Waals surface area contributed by atoms with Crippen molar-refractivity contribution < 1.29 is 9.46 Å². The molecule has 2 atom stereocenters. The van der Waals surface area contributed by atoms with Crippen molar-refractivity contribution in [2.45, 2.75) is 18.6 Å². The molecule has 0 aromatic heterocycles. The van der Waals surface area contributed by atoms with E-state index in [0.29, 0.717) is 24.0 Å². The van der Waals surface area contributed by atoms with E-state index in [0.717, 1.165) is 0 Å². The van der Waals surface area contributed by atoms with Crippen molar-refractivity contribution in [1.82, 2.24) is 0 Å². The smallest absolute Gasteiger partial charge is 0.245 e. The Kier molecular flexibility index (Phi) is 4.81. The molecule has 0 fully saturated rings. The Bertz CT molecular complexity index is 345. The summed E-state index contributed by atoms with van der Waals surface area (Å²) in [6, 6.07) is 8.51. The van der Waals surface area contributed by atoms with Crippen LogP contribution in [0, 0.1) is 0 Å². The zero-order valence-electron chi connectivity index (χ0n) is 8.34. The molecule has 84 valence electrons. The molecule has 0 bridgehead atoms. The van der Waals surface area contributed by atoms with E-state index in [4.69, 9.17) is 17.3 Å². The Morgan fingerprint density at radius 2 is 2.00 bits per heavy atom. The highest BCUT2D eigenvalue weighted by molar-refractivity contribution is 7.66. The Morgan fingerprint density at radius 3 is 2.53 bits per heavy atom. The van der Waals surface area contributed by atoms with E-state index in [1.165, 1.54) is 0 Å². The normalized spacial score (nSPS) is 17.0. The number of hydrogen-bond donors (Lipinski definition) is 2. The number of benzene rings is 1. The lowest BCUT2D eigenvalue weighted by atomic mass is 10.3. The summed E-state index contributed by atoms with van der Waals surface area (Å²) >= 11 is 5.51. The van der Waals surface area contributed by atoms with Gasteiger partial charge in [-0.3, -0.25) is 4.57 Å². The first kappa shape index (κ1) is 12.7. The molecule has 2 unspecified atom stereocenters. The second-order valence-electron chi connectivity index (χ2n) is 3.36. The molecule has 0 aliphatic heterocycles. The molecule has 0 amide bonds. The van der Waals surface area contributed by atoms with Crippen LogP contribution < -0.4 is 11.0 Å². The topological polar surface area (TPSA) is 63.3 Å². The lowest BCUT2D eigenvalue weighted by molar-refractivity contribution is 0.470. The Hall–Kier alpha value is -0.340. The van der Waals surface area contributed by atoms with Gasteiger partial charge in [0.1, 0.15) is 0 Å². The lowest BCUT2D eigenvalue weighted by Crippen LogP contribution is -2.25. The number of nitrogens with two attached hydrogens (primary N) is 1. The maximum absolute atomic E-state index is 12.0. The highest BCUT2D eigenvalue weighted by Crippen LogP contribution is 2.44. The van der Waals surface area contributed by atoms with E-state index in [9.17, 15) is 9.46 Å². The van der Waals surface area contributed by atoms with Gasteiger partial charge in [0.15, 0.2) is 0 Å². The molecular weight excluding hydrogens is 233 g/mol. The van der Waals surface area contributed by atoms with Gasteiger partial charge in [0.05, 0.1) is 5.78 Å². The van der Waals surface area contributed by atoms with E-state index < -0.39 is 13.2 Å². The predicted octanol–water partition coefficient (Wildman–Crippen LogP) is 1.89. The van der Waals surface area contributed by atoms with E-state index in [2.05, 4.69) is 0 Å². The molecule has 0 saturated carbocycles. The van der Waals surface area contributed by atoms with Gasteiger partial charge in [-0.1, -0.05) is 18.2 Å². The molecule has 0 spiro atoms. The molecule has 0 aliphatic carbocycles. The summed E-state index contributed by atoms with van der Waals surface area (Å²) in [5.74, 6) is -0.263. The maximum Gasteiger partial charge on any atom is 0.245 e. The molecule has 15 heavy (non-hydrogen) atoms. The van der Waals surface area contributed by atoms with E-state index in [-0.39, 0.29) is 0 Å². The molecular formula is C10H15ClNO2P. The number of alkyl halides is 1. The van der Waals surface area contributed by atoms with Gasteiger partial charge < -0.3 is 10.6 Å².